The summed E-state index contributed by atoms with van der Waals surface area (Å²) in [5.74, 6) is -0.194. The maximum atomic E-state index is 13.3. The fourth-order valence-electron chi connectivity index (χ4n) is 3.00. The van der Waals surface area contributed by atoms with E-state index in [0.29, 0.717) is 6.54 Å². The molecular weight excluding hydrogens is 411 g/mol. The third-order valence-corrected chi connectivity index (χ3v) is 4.85. The number of ether oxygens (including phenoxy) is 1. The van der Waals surface area contributed by atoms with Crippen molar-refractivity contribution in [2.75, 3.05) is 11.4 Å². The van der Waals surface area contributed by atoms with Crippen molar-refractivity contribution in [3.63, 3.8) is 0 Å². The summed E-state index contributed by atoms with van der Waals surface area (Å²) in [6.45, 7) is 2.40. The van der Waals surface area contributed by atoms with Gasteiger partial charge >= 0.3 is 6.18 Å². The molecule has 2 aromatic rings. The summed E-state index contributed by atoms with van der Waals surface area (Å²) in [5.41, 5.74) is -0.137. The van der Waals surface area contributed by atoms with Crippen molar-refractivity contribution in [3.05, 3.63) is 40.5 Å². The largest absolute Gasteiger partial charge is 0.474 e. The second-order valence-electron chi connectivity index (χ2n) is 6.13. The molecule has 1 saturated carbocycles. The second kappa shape index (κ2) is 7.82. The number of rotatable bonds is 5. The normalized spacial score (nSPS) is 15.3. The molecule has 1 fully saturated rings. The number of halogens is 4. The van der Waals surface area contributed by atoms with Crippen molar-refractivity contribution < 1.29 is 17.9 Å². The van der Waals surface area contributed by atoms with Crippen LogP contribution in [0, 0.1) is 0 Å². The number of nitrogens with zero attached hydrogens (tertiary/aromatic N) is 3. The Kier molecular flexibility index (Phi) is 5.70. The van der Waals surface area contributed by atoms with Crippen LogP contribution in [0.2, 0.25) is 0 Å². The molecule has 1 heterocycles. The van der Waals surface area contributed by atoms with E-state index in [4.69, 9.17) is 4.74 Å². The third-order valence-electron chi connectivity index (χ3n) is 4.32. The summed E-state index contributed by atoms with van der Waals surface area (Å²) in [4.78, 5) is 9.83. The monoisotopic (exact) mass is 429 g/mol. The van der Waals surface area contributed by atoms with Crippen molar-refractivity contribution in [2.24, 2.45) is 0 Å². The molecule has 1 aliphatic rings. The molecule has 0 atom stereocenters. The molecule has 26 heavy (non-hydrogen) atoms. The van der Waals surface area contributed by atoms with E-state index in [0.717, 1.165) is 42.0 Å². The Morgan fingerprint density at radius 1 is 1.19 bits per heavy atom. The SMILES string of the molecule is CCN(c1ccc(Br)cc1)c1ncc(C(F)(F)F)c(OC2CCCC2)n1. The Labute approximate surface area is 158 Å². The number of alkyl halides is 3. The minimum atomic E-state index is -4.55. The van der Waals surface area contributed by atoms with Gasteiger partial charge in [0.2, 0.25) is 11.8 Å². The number of hydrogen-bond donors (Lipinski definition) is 0. The summed E-state index contributed by atoms with van der Waals surface area (Å²) < 4.78 is 46.5. The van der Waals surface area contributed by atoms with E-state index in [9.17, 15) is 13.2 Å². The van der Waals surface area contributed by atoms with E-state index in [1.165, 1.54) is 0 Å². The van der Waals surface area contributed by atoms with Crippen LogP contribution in [0.4, 0.5) is 24.8 Å². The van der Waals surface area contributed by atoms with Crippen LogP contribution >= 0.6 is 15.9 Å². The number of anilines is 2. The van der Waals surface area contributed by atoms with Gasteiger partial charge in [0.25, 0.3) is 0 Å². The zero-order valence-electron chi connectivity index (χ0n) is 14.3. The molecule has 0 unspecified atom stereocenters. The van der Waals surface area contributed by atoms with Crippen LogP contribution in [-0.4, -0.2) is 22.6 Å². The van der Waals surface area contributed by atoms with E-state index in [1.807, 2.05) is 31.2 Å². The smallest absolute Gasteiger partial charge is 0.423 e. The van der Waals surface area contributed by atoms with E-state index >= 15 is 0 Å². The van der Waals surface area contributed by atoms with Gasteiger partial charge in [-0.1, -0.05) is 15.9 Å². The second-order valence-corrected chi connectivity index (χ2v) is 7.05. The molecule has 1 aromatic carbocycles. The highest BCUT2D eigenvalue weighted by Crippen LogP contribution is 2.37. The lowest BCUT2D eigenvalue weighted by Gasteiger charge is -2.23. The van der Waals surface area contributed by atoms with Crippen molar-refractivity contribution in [2.45, 2.75) is 44.9 Å². The molecule has 1 aromatic heterocycles. The van der Waals surface area contributed by atoms with Gasteiger partial charge in [0.15, 0.2) is 0 Å². The topological polar surface area (TPSA) is 38.2 Å². The zero-order chi connectivity index (χ0) is 18.7. The molecule has 0 radical (unpaired) electrons. The van der Waals surface area contributed by atoms with Crippen molar-refractivity contribution >= 4 is 27.6 Å². The molecule has 0 N–H and O–H groups in total. The van der Waals surface area contributed by atoms with Crippen LogP contribution in [0.3, 0.4) is 0 Å². The van der Waals surface area contributed by atoms with Gasteiger partial charge in [0.05, 0.1) is 0 Å². The maximum Gasteiger partial charge on any atom is 0.423 e. The molecule has 0 bridgehead atoms. The first-order valence-electron chi connectivity index (χ1n) is 8.52. The van der Waals surface area contributed by atoms with Gasteiger partial charge in [-0.3, -0.25) is 0 Å². The van der Waals surface area contributed by atoms with Gasteiger partial charge in [-0.05, 0) is 56.9 Å². The summed E-state index contributed by atoms with van der Waals surface area (Å²) in [6.07, 6.45) is -0.535. The highest BCUT2D eigenvalue weighted by atomic mass is 79.9. The lowest BCUT2D eigenvalue weighted by Crippen LogP contribution is -2.22. The van der Waals surface area contributed by atoms with Crippen LogP contribution in [0.25, 0.3) is 0 Å². The standard InChI is InChI=1S/C18H19BrF3N3O/c1-2-25(13-9-7-12(19)8-10-13)17-23-11-15(18(20,21)22)16(24-17)26-14-5-3-4-6-14/h7-11,14H,2-6H2,1H3. The Balaban J connectivity index is 1.97. The molecule has 140 valence electrons. The summed E-state index contributed by atoms with van der Waals surface area (Å²) in [7, 11) is 0. The van der Waals surface area contributed by atoms with Crippen molar-refractivity contribution in [1.82, 2.24) is 9.97 Å². The van der Waals surface area contributed by atoms with Crippen LogP contribution in [-0.2, 0) is 6.18 Å². The van der Waals surface area contributed by atoms with Crippen molar-refractivity contribution in [3.8, 4) is 5.88 Å². The predicted octanol–water partition coefficient (Wildman–Crippen LogP) is 5.74. The first kappa shape index (κ1) is 18.9. The fourth-order valence-corrected chi connectivity index (χ4v) is 3.26. The predicted molar refractivity (Wildman–Crippen MR) is 96.7 cm³/mol. The van der Waals surface area contributed by atoms with Crippen LogP contribution in [0.1, 0.15) is 38.2 Å². The fraction of sp³-hybridized carbons (Fsp3) is 0.444. The Hall–Kier alpha value is -1.83. The van der Waals surface area contributed by atoms with E-state index < -0.39 is 11.7 Å². The Bertz CT molecular complexity index is 746. The molecule has 0 aliphatic heterocycles. The van der Waals surface area contributed by atoms with Crippen LogP contribution < -0.4 is 9.64 Å². The average Bonchev–Trinajstić information content (AvgIpc) is 3.09. The van der Waals surface area contributed by atoms with Gasteiger partial charge < -0.3 is 9.64 Å². The number of aromatic nitrogens is 2. The molecule has 0 amide bonds. The first-order valence-corrected chi connectivity index (χ1v) is 9.31. The summed E-state index contributed by atoms with van der Waals surface area (Å²) >= 11 is 3.37. The minimum Gasteiger partial charge on any atom is -0.474 e. The van der Waals surface area contributed by atoms with Crippen LogP contribution in [0.5, 0.6) is 5.88 Å². The van der Waals surface area contributed by atoms with Gasteiger partial charge in [-0.25, -0.2) is 4.98 Å². The molecule has 1 aliphatic carbocycles. The average molecular weight is 430 g/mol. The molecule has 8 heteroatoms. The third kappa shape index (κ3) is 4.28. The number of hydrogen-bond acceptors (Lipinski definition) is 4. The minimum absolute atomic E-state index is 0.191. The molecule has 0 saturated heterocycles. The Morgan fingerprint density at radius 3 is 2.42 bits per heavy atom. The summed E-state index contributed by atoms with van der Waals surface area (Å²) in [6, 6.07) is 7.42. The maximum absolute atomic E-state index is 13.3. The first-order chi connectivity index (χ1) is 12.4. The van der Waals surface area contributed by atoms with E-state index in [2.05, 4.69) is 25.9 Å². The highest BCUT2D eigenvalue weighted by Gasteiger charge is 2.37. The Morgan fingerprint density at radius 2 is 1.85 bits per heavy atom. The summed E-state index contributed by atoms with van der Waals surface area (Å²) in [5, 5.41) is 0. The van der Waals surface area contributed by atoms with Gasteiger partial charge in [-0.2, -0.15) is 18.2 Å². The van der Waals surface area contributed by atoms with Crippen LogP contribution in [0.15, 0.2) is 34.9 Å². The van der Waals surface area contributed by atoms with Gasteiger partial charge in [-0.15, -0.1) is 0 Å². The quantitative estimate of drug-likeness (QED) is 0.607. The van der Waals surface area contributed by atoms with Gasteiger partial charge in [0.1, 0.15) is 11.7 Å². The van der Waals surface area contributed by atoms with E-state index in [-0.39, 0.29) is 17.9 Å². The lowest BCUT2D eigenvalue weighted by atomic mass is 10.2. The molecular formula is C18H19BrF3N3O. The van der Waals surface area contributed by atoms with Gasteiger partial charge in [0, 0.05) is 22.9 Å². The zero-order valence-corrected chi connectivity index (χ0v) is 15.8. The molecule has 4 nitrogen and oxygen atoms in total. The van der Waals surface area contributed by atoms with Crippen molar-refractivity contribution in [1.29, 1.82) is 0 Å². The lowest BCUT2D eigenvalue weighted by molar-refractivity contribution is -0.139. The molecule has 3 rings (SSSR count). The number of benzene rings is 1. The highest BCUT2D eigenvalue weighted by molar-refractivity contribution is 9.10. The van der Waals surface area contributed by atoms with E-state index in [1.54, 1.807) is 4.90 Å². The molecule has 0 spiro atoms.